The Labute approximate surface area is 414 Å². The Bertz CT molecular complexity index is 921. The van der Waals surface area contributed by atoms with Crippen LogP contribution in [0.15, 0.2) is 0 Å². The highest BCUT2D eigenvalue weighted by Gasteiger charge is 2.18. The summed E-state index contributed by atoms with van der Waals surface area (Å²) in [6.45, 7) is 7.93. The Balaban J connectivity index is 4.14. The number of carbonyl (C=O) groups excluding carboxylic acids is 2. The molecule has 0 rings (SSSR count). The van der Waals surface area contributed by atoms with Crippen LogP contribution in [0, 0.1) is 0 Å². The van der Waals surface area contributed by atoms with E-state index in [-0.39, 0.29) is 18.5 Å². The Kier molecular flexibility index (Phi) is 57.2. The van der Waals surface area contributed by atoms with Crippen LogP contribution in [-0.2, 0) is 23.8 Å². The first-order valence-corrected chi connectivity index (χ1v) is 30.6. The van der Waals surface area contributed by atoms with Crippen molar-refractivity contribution in [1.29, 1.82) is 0 Å². The average Bonchev–Trinajstić information content (AvgIpc) is 3.32. The van der Waals surface area contributed by atoms with E-state index in [1.165, 1.54) is 289 Å². The van der Waals surface area contributed by atoms with E-state index >= 15 is 0 Å². The summed E-state index contributed by atoms with van der Waals surface area (Å²) in [6, 6.07) is 0. The molecule has 0 bridgehead atoms. The molecule has 1 unspecified atom stereocenters. The standard InChI is InChI=1S/C61H120O5/c1-4-7-10-13-16-19-22-25-27-29-31-32-34-37-39-42-45-48-51-54-60(62)65-58-59(66-61(63)55-52-49-46-43-40-36-24-21-18-15-12-9-6-3)57-64-56-53-50-47-44-41-38-35-33-30-28-26-23-20-17-14-11-8-5-2/h59H,4-58H2,1-3H3. The molecule has 5 heteroatoms. The summed E-state index contributed by atoms with van der Waals surface area (Å²) in [5.74, 6) is -0.363. The van der Waals surface area contributed by atoms with Crippen molar-refractivity contribution >= 4 is 11.9 Å². The Morgan fingerprint density at radius 1 is 0.273 bits per heavy atom. The summed E-state index contributed by atoms with van der Waals surface area (Å²) in [5.41, 5.74) is 0. The molecule has 1 atom stereocenters. The molecule has 0 aliphatic carbocycles. The van der Waals surface area contributed by atoms with Gasteiger partial charge >= 0.3 is 11.9 Å². The number of hydrogen-bond acceptors (Lipinski definition) is 5. The van der Waals surface area contributed by atoms with E-state index in [2.05, 4.69) is 20.8 Å². The maximum Gasteiger partial charge on any atom is 0.306 e. The maximum absolute atomic E-state index is 12.9. The van der Waals surface area contributed by atoms with E-state index in [1.54, 1.807) is 0 Å². The smallest absolute Gasteiger partial charge is 0.306 e. The van der Waals surface area contributed by atoms with Crippen LogP contribution < -0.4 is 0 Å². The van der Waals surface area contributed by atoms with Crippen LogP contribution in [0.2, 0.25) is 0 Å². The van der Waals surface area contributed by atoms with Gasteiger partial charge in [0.05, 0.1) is 6.61 Å². The second kappa shape index (κ2) is 58.2. The number of esters is 2. The van der Waals surface area contributed by atoms with Crippen molar-refractivity contribution < 1.29 is 23.8 Å². The van der Waals surface area contributed by atoms with Gasteiger partial charge in [0.25, 0.3) is 0 Å². The largest absolute Gasteiger partial charge is 0.462 e. The van der Waals surface area contributed by atoms with Gasteiger partial charge in [0, 0.05) is 19.4 Å². The molecule has 0 N–H and O–H groups in total. The van der Waals surface area contributed by atoms with Crippen molar-refractivity contribution in [2.24, 2.45) is 0 Å². The lowest BCUT2D eigenvalue weighted by molar-refractivity contribution is -0.163. The van der Waals surface area contributed by atoms with Gasteiger partial charge in [-0.2, -0.15) is 0 Å². The summed E-state index contributed by atoms with van der Waals surface area (Å²) in [4.78, 5) is 25.5. The predicted molar refractivity (Wildman–Crippen MR) is 289 cm³/mol. The van der Waals surface area contributed by atoms with Crippen molar-refractivity contribution in [1.82, 2.24) is 0 Å². The van der Waals surface area contributed by atoms with E-state index in [0.717, 1.165) is 32.1 Å². The number of ether oxygens (including phenoxy) is 3. The van der Waals surface area contributed by atoms with Crippen molar-refractivity contribution in [3.63, 3.8) is 0 Å². The zero-order valence-corrected chi connectivity index (χ0v) is 45.5. The van der Waals surface area contributed by atoms with Gasteiger partial charge in [-0.05, 0) is 19.3 Å². The summed E-state index contributed by atoms with van der Waals surface area (Å²) in [5, 5.41) is 0. The quantitative estimate of drug-likeness (QED) is 0.0449. The SMILES string of the molecule is CCCCCCCCCCCCCCCCCCCCCC(=O)OCC(COCCCCCCCCCCCCCCCCCCCC)OC(=O)CCCCCCCCCCCCCCC. The van der Waals surface area contributed by atoms with Crippen molar-refractivity contribution in [3.8, 4) is 0 Å². The molecule has 0 aromatic rings. The van der Waals surface area contributed by atoms with E-state index in [1.807, 2.05) is 0 Å². The van der Waals surface area contributed by atoms with Gasteiger partial charge in [-0.1, -0.05) is 323 Å². The van der Waals surface area contributed by atoms with Crippen LogP contribution in [0.5, 0.6) is 0 Å². The Morgan fingerprint density at radius 3 is 0.773 bits per heavy atom. The third-order valence-electron chi connectivity index (χ3n) is 14.1. The average molecular weight is 934 g/mol. The number of hydrogen-bond donors (Lipinski definition) is 0. The lowest BCUT2D eigenvalue weighted by atomic mass is 10.0. The molecule has 0 aliphatic heterocycles. The number of unbranched alkanes of at least 4 members (excludes halogenated alkanes) is 47. The van der Waals surface area contributed by atoms with Crippen LogP contribution >= 0.6 is 0 Å². The van der Waals surface area contributed by atoms with Gasteiger partial charge in [0.15, 0.2) is 6.10 Å². The molecule has 394 valence electrons. The Hall–Kier alpha value is -1.10. The zero-order chi connectivity index (χ0) is 47.7. The molecule has 0 spiro atoms. The van der Waals surface area contributed by atoms with Gasteiger partial charge in [-0.25, -0.2) is 0 Å². The summed E-state index contributed by atoms with van der Waals surface area (Å²) in [6.07, 6.45) is 67.0. The molecule has 0 saturated heterocycles. The second-order valence-electron chi connectivity index (χ2n) is 21.0. The topological polar surface area (TPSA) is 61.8 Å². The molecule has 0 amide bonds. The predicted octanol–water partition coefficient (Wildman–Crippen LogP) is 20.8. The van der Waals surface area contributed by atoms with Gasteiger partial charge in [0.1, 0.15) is 6.61 Å². The monoisotopic (exact) mass is 933 g/mol. The molecule has 5 nitrogen and oxygen atoms in total. The van der Waals surface area contributed by atoms with Crippen LogP contribution in [0.3, 0.4) is 0 Å². The highest BCUT2D eigenvalue weighted by atomic mass is 16.6. The zero-order valence-electron chi connectivity index (χ0n) is 45.5. The van der Waals surface area contributed by atoms with E-state index in [9.17, 15) is 9.59 Å². The fourth-order valence-electron chi connectivity index (χ4n) is 9.57. The number of carbonyl (C=O) groups is 2. The van der Waals surface area contributed by atoms with E-state index in [4.69, 9.17) is 14.2 Å². The molecule has 0 radical (unpaired) electrons. The van der Waals surface area contributed by atoms with Gasteiger partial charge < -0.3 is 14.2 Å². The summed E-state index contributed by atoms with van der Waals surface area (Å²) < 4.78 is 17.5. The first-order chi connectivity index (χ1) is 32.6. The minimum atomic E-state index is -0.524. The lowest BCUT2D eigenvalue weighted by Gasteiger charge is -2.18. The van der Waals surface area contributed by atoms with E-state index < -0.39 is 6.10 Å². The molecular formula is C61H120O5. The van der Waals surface area contributed by atoms with Crippen LogP contribution in [0.25, 0.3) is 0 Å². The van der Waals surface area contributed by atoms with Crippen molar-refractivity contribution in [2.75, 3.05) is 19.8 Å². The summed E-state index contributed by atoms with van der Waals surface area (Å²) >= 11 is 0. The first kappa shape index (κ1) is 64.9. The van der Waals surface area contributed by atoms with Crippen LogP contribution in [-0.4, -0.2) is 37.9 Å². The molecule has 0 aromatic carbocycles. The van der Waals surface area contributed by atoms with Crippen LogP contribution in [0.4, 0.5) is 0 Å². The molecule has 0 fully saturated rings. The third-order valence-corrected chi connectivity index (χ3v) is 14.1. The number of rotatable bonds is 58. The first-order valence-electron chi connectivity index (χ1n) is 30.6. The fraction of sp³-hybridized carbons (Fsp3) is 0.967. The molecular weight excluding hydrogens is 813 g/mol. The summed E-state index contributed by atoms with van der Waals surface area (Å²) in [7, 11) is 0. The van der Waals surface area contributed by atoms with Crippen molar-refractivity contribution in [2.45, 2.75) is 361 Å². The molecule has 0 aliphatic rings. The van der Waals surface area contributed by atoms with Crippen molar-refractivity contribution in [3.05, 3.63) is 0 Å². The van der Waals surface area contributed by atoms with Gasteiger partial charge in [-0.3, -0.25) is 9.59 Å². The highest BCUT2D eigenvalue weighted by molar-refractivity contribution is 5.70. The lowest BCUT2D eigenvalue weighted by Crippen LogP contribution is -2.30. The highest BCUT2D eigenvalue weighted by Crippen LogP contribution is 2.18. The fourth-order valence-corrected chi connectivity index (χ4v) is 9.57. The van der Waals surface area contributed by atoms with Gasteiger partial charge in [-0.15, -0.1) is 0 Å². The maximum atomic E-state index is 12.9. The minimum Gasteiger partial charge on any atom is -0.462 e. The normalized spacial score (nSPS) is 12.0. The van der Waals surface area contributed by atoms with E-state index in [0.29, 0.717) is 26.1 Å². The molecule has 0 aromatic heterocycles. The molecule has 0 heterocycles. The minimum absolute atomic E-state index is 0.0986. The molecule has 66 heavy (non-hydrogen) atoms. The third kappa shape index (κ3) is 55.5. The van der Waals surface area contributed by atoms with Gasteiger partial charge in [0.2, 0.25) is 0 Å². The van der Waals surface area contributed by atoms with Crippen LogP contribution in [0.1, 0.15) is 355 Å². The second-order valence-corrected chi connectivity index (χ2v) is 21.0. The molecule has 0 saturated carbocycles. The Morgan fingerprint density at radius 2 is 0.500 bits per heavy atom.